The van der Waals surface area contributed by atoms with Gasteiger partial charge >= 0.3 is 0 Å². The minimum Gasteiger partial charge on any atom is -0.387 e. The third-order valence-electron chi connectivity index (χ3n) is 2.54. The second kappa shape index (κ2) is 6.55. The summed E-state index contributed by atoms with van der Waals surface area (Å²) < 4.78 is 0. The van der Waals surface area contributed by atoms with Gasteiger partial charge < -0.3 is 5.11 Å². The summed E-state index contributed by atoms with van der Waals surface area (Å²) in [5.74, 6) is 4.53. The lowest BCUT2D eigenvalue weighted by Gasteiger charge is -2.22. The fourth-order valence-electron chi connectivity index (χ4n) is 1.67. The molecule has 0 aliphatic carbocycles. The van der Waals surface area contributed by atoms with Gasteiger partial charge in [0.05, 0.1) is 6.10 Å². The lowest BCUT2D eigenvalue weighted by molar-refractivity contribution is 0.133. The third-order valence-corrected chi connectivity index (χ3v) is 4.87. The van der Waals surface area contributed by atoms with E-state index in [4.69, 9.17) is 0 Å². The van der Waals surface area contributed by atoms with E-state index in [1.54, 1.807) is 0 Å². The van der Waals surface area contributed by atoms with E-state index in [0.717, 1.165) is 23.9 Å². The predicted molar refractivity (Wildman–Crippen MR) is 72.8 cm³/mol. The maximum atomic E-state index is 10.1. The van der Waals surface area contributed by atoms with Crippen molar-refractivity contribution in [2.45, 2.75) is 6.10 Å². The minimum atomic E-state index is -0.361. The summed E-state index contributed by atoms with van der Waals surface area (Å²) in [6.45, 7) is 0.740. The minimum absolute atomic E-state index is 0.361. The summed E-state index contributed by atoms with van der Waals surface area (Å²) >= 11 is 3.91. The Bertz CT molecular complexity index is 299. The van der Waals surface area contributed by atoms with Gasteiger partial charge in [-0.3, -0.25) is 4.90 Å². The Morgan fingerprint density at radius 2 is 1.75 bits per heavy atom. The SMILES string of the molecule is OC(CN1CSCCSC1)c1ccccc1. The van der Waals surface area contributed by atoms with Gasteiger partial charge in [-0.1, -0.05) is 30.3 Å². The first-order chi connectivity index (χ1) is 7.86. The average Bonchev–Trinajstić information content (AvgIpc) is 2.59. The van der Waals surface area contributed by atoms with Crippen LogP contribution in [0.25, 0.3) is 0 Å². The van der Waals surface area contributed by atoms with E-state index in [1.165, 1.54) is 11.5 Å². The van der Waals surface area contributed by atoms with Crippen LogP contribution in [0.5, 0.6) is 0 Å². The second-order valence-electron chi connectivity index (χ2n) is 3.85. The third kappa shape index (κ3) is 3.70. The van der Waals surface area contributed by atoms with Crippen LogP contribution in [0.2, 0.25) is 0 Å². The molecule has 1 saturated heterocycles. The summed E-state index contributed by atoms with van der Waals surface area (Å²) in [4.78, 5) is 2.32. The van der Waals surface area contributed by atoms with Crippen molar-refractivity contribution in [3.8, 4) is 0 Å². The summed E-state index contributed by atoms with van der Waals surface area (Å²) in [5, 5.41) is 10.1. The molecule has 1 unspecified atom stereocenters. The number of hydrogen-bond acceptors (Lipinski definition) is 4. The maximum absolute atomic E-state index is 10.1. The number of hydrogen-bond donors (Lipinski definition) is 1. The van der Waals surface area contributed by atoms with Gasteiger partial charge in [-0.05, 0) is 5.56 Å². The molecule has 4 heteroatoms. The van der Waals surface area contributed by atoms with Crippen LogP contribution >= 0.6 is 23.5 Å². The van der Waals surface area contributed by atoms with Crippen LogP contribution in [0.15, 0.2) is 30.3 Å². The van der Waals surface area contributed by atoms with Crippen molar-refractivity contribution in [2.24, 2.45) is 0 Å². The van der Waals surface area contributed by atoms with Crippen molar-refractivity contribution in [3.63, 3.8) is 0 Å². The highest BCUT2D eigenvalue weighted by atomic mass is 32.2. The molecule has 2 rings (SSSR count). The first-order valence-electron chi connectivity index (χ1n) is 5.47. The van der Waals surface area contributed by atoms with E-state index in [2.05, 4.69) is 4.90 Å². The van der Waals surface area contributed by atoms with Crippen molar-refractivity contribution < 1.29 is 5.11 Å². The van der Waals surface area contributed by atoms with Crippen LogP contribution in [0.4, 0.5) is 0 Å². The van der Waals surface area contributed by atoms with Crippen LogP contribution < -0.4 is 0 Å². The van der Waals surface area contributed by atoms with Gasteiger partial charge in [-0.2, -0.15) is 0 Å². The quantitative estimate of drug-likeness (QED) is 0.896. The molecule has 1 fully saturated rings. The largest absolute Gasteiger partial charge is 0.387 e. The van der Waals surface area contributed by atoms with Gasteiger partial charge in [0.2, 0.25) is 0 Å². The number of β-amino-alcohol motifs (C(OH)–C–C–N with tert-alkyl or cyclic N) is 1. The van der Waals surface area contributed by atoms with Gasteiger partial charge in [0, 0.05) is 29.8 Å². The standard InChI is InChI=1S/C12H17NOS2/c14-12(11-4-2-1-3-5-11)8-13-9-15-6-7-16-10-13/h1-5,12,14H,6-10H2. The van der Waals surface area contributed by atoms with E-state index >= 15 is 0 Å². The monoisotopic (exact) mass is 255 g/mol. The van der Waals surface area contributed by atoms with Crippen LogP contribution in [0, 0.1) is 0 Å². The molecule has 0 aromatic heterocycles. The predicted octanol–water partition coefficient (Wildman–Crippen LogP) is 2.42. The normalized spacial score (nSPS) is 20.3. The molecule has 1 aromatic carbocycles. The van der Waals surface area contributed by atoms with Crippen LogP contribution in [0.1, 0.15) is 11.7 Å². The first kappa shape index (κ1) is 12.3. The lowest BCUT2D eigenvalue weighted by Crippen LogP contribution is -2.27. The van der Waals surface area contributed by atoms with Crippen molar-refractivity contribution in [2.75, 3.05) is 29.8 Å². The molecule has 1 atom stereocenters. The molecular weight excluding hydrogens is 238 g/mol. The van der Waals surface area contributed by atoms with E-state index in [-0.39, 0.29) is 6.10 Å². The summed E-state index contributed by atoms with van der Waals surface area (Å²) in [6.07, 6.45) is -0.361. The molecule has 0 saturated carbocycles. The molecule has 1 aliphatic rings. The Kier molecular flexibility index (Phi) is 5.03. The van der Waals surface area contributed by atoms with Crippen molar-refractivity contribution in [1.82, 2.24) is 4.90 Å². The van der Waals surface area contributed by atoms with Crippen LogP contribution in [-0.2, 0) is 0 Å². The summed E-state index contributed by atoms with van der Waals surface area (Å²) in [7, 11) is 0. The number of benzene rings is 1. The molecule has 0 spiro atoms. The Balaban J connectivity index is 1.88. The average molecular weight is 255 g/mol. The Labute approximate surface area is 105 Å². The summed E-state index contributed by atoms with van der Waals surface area (Å²) in [5.41, 5.74) is 1.02. The number of aliphatic hydroxyl groups excluding tert-OH is 1. The molecule has 0 amide bonds. The van der Waals surface area contributed by atoms with E-state index in [1.807, 2.05) is 53.9 Å². The zero-order valence-electron chi connectivity index (χ0n) is 9.21. The lowest BCUT2D eigenvalue weighted by atomic mass is 10.1. The Hall–Kier alpha value is -0.160. The van der Waals surface area contributed by atoms with Gasteiger partial charge in [-0.25, -0.2) is 0 Å². The van der Waals surface area contributed by atoms with Gasteiger partial charge in [0.1, 0.15) is 0 Å². The summed E-state index contributed by atoms with van der Waals surface area (Å²) in [6, 6.07) is 9.91. The zero-order chi connectivity index (χ0) is 11.2. The smallest absolute Gasteiger partial charge is 0.0917 e. The molecular formula is C12H17NOS2. The van der Waals surface area contributed by atoms with E-state index in [0.29, 0.717) is 0 Å². The highest BCUT2D eigenvalue weighted by Crippen LogP contribution is 2.20. The molecule has 1 N–H and O–H groups in total. The molecule has 16 heavy (non-hydrogen) atoms. The molecule has 0 radical (unpaired) electrons. The second-order valence-corrected chi connectivity index (χ2v) is 6.00. The highest BCUT2D eigenvalue weighted by molar-refractivity contribution is 8.03. The highest BCUT2D eigenvalue weighted by Gasteiger charge is 2.15. The topological polar surface area (TPSA) is 23.5 Å². The fraction of sp³-hybridized carbons (Fsp3) is 0.500. The molecule has 2 nitrogen and oxygen atoms in total. The first-order valence-corrected chi connectivity index (χ1v) is 7.78. The Morgan fingerprint density at radius 1 is 1.12 bits per heavy atom. The number of aliphatic hydroxyl groups is 1. The van der Waals surface area contributed by atoms with Gasteiger partial charge in [0.15, 0.2) is 0 Å². The maximum Gasteiger partial charge on any atom is 0.0917 e. The van der Waals surface area contributed by atoms with Gasteiger partial charge in [-0.15, -0.1) is 23.5 Å². The molecule has 1 aromatic rings. The molecule has 1 aliphatic heterocycles. The van der Waals surface area contributed by atoms with Crippen LogP contribution in [0.3, 0.4) is 0 Å². The van der Waals surface area contributed by atoms with Crippen molar-refractivity contribution in [3.05, 3.63) is 35.9 Å². The van der Waals surface area contributed by atoms with E-state index < -0.39 is 0 Å². The van der Waals surface area contributed by atoms with Crippen molar-refractivity contribution >= 4 is 23.5 Å². The number of rotatable bonds is 3. The number of nitrogens with zero attached hydrogens (tertiary/aromatic N) is 1. The fourth-order valence-corrected chi connectivity index (χ4v) is 3.90. The molecule has 88 valence electrons. The van der Waals surface area contributed by atoms with E-state index in [9.17, 15) is 5.11 Å². The zero-order valence-corrected chi connectivity index (χ0v) is 10.8. The molecule has 1 heterocycles. The van der Waals surface area contributed by atoms with Crippen molar-refractivity contribution in [1.29, 1.82) is 0 Å². The Morgan fingerprint density at radius 3 is 2.38 bits per heavy atom. The molecule has 0 bridgehead atoms. The van der Waals surface area contributed by atoms with Crippen LogP contribution in [-0.4, -0.2) is 39.8 Å². The number of thioether (sulfide) groups is 2. The van der Waals surface area contributed by atoms with Gasteiger partial charge in [0.25, 0.3) is 0 Å².